The maximum absolute atomic E-state index is 6.11. The Bertz CT molecular complexity index is 276. The second kappa shape index (κ2) is 5.92. The molecule has 0 aliphatic heterocycles. The maximum atomic E-state index is 6.11. The van der Waals surface area contributed by atoms with Crippen LogP contribution in [0.3, 0.4) is 0 Å². The molecule has 0 spiro atoms. The zero-order valence-electron chi connectivity index (χ0n) is 10.2. The largest absolute Gasteiger partial charge is 0.327 e. The predicted molar refractivity (Wildman–Crippen MR) is 66.9 cm³/mol. The van der Waals surface area contributed by atoms with Gasteiger partial charge in [-0.3, -0.25) is 0 Å². The Balaban J connectivity index is 2.40. The van der Waals surface area contributed by atoms with E-state index < -0.39 is 0 Å². The first kappa shape index (κ1) is 12.3. The van der Waals surface area contributed by atoms with E-state index in [4.69, 9.17) is 5.73 Å². The van der Waals surface area contributed by atoms with Gasteiger partial charge < -0.3 is 5.73 Å². The molecule has 1 rings (SSSR count). The molecular formula is C14H23N. The van der Waals surface area contributed by atoms with Crippen LogP contribution in [0.1, 0.15) is 37.8 Å². The molecule has 1 aromatic rings. The second-order valence-electron chi connectivity index (χ2n) is 4.57. The zero-order chi connectivity index (χ0) is 11.3. The molecule has 0 aliphatic carbocycles. The first-order chi connectivity index (χ1) is 7.13. The Labute approximate surface area is 93.7 Å². The smallest absolute Gasteiger partial charge is 0.00675 e. The van der Waals surface area contributed by atoms with E-state index in [-0.39, 0.29) is 0 Å². The van der Waals surface area contributed by atoms with Crippen LogP contribution in [0.25, 0.3) is 0 Å². The highest BCUT2D eigenvalue weighted by Gasteiger charge is 2.10. The van der Waals surface area contributed by atoms with Gasteiger partial charge in [0.2, 0.25) is 0 Å². The summed E-state index contributed by atoms with van der Waals surface area (Å²) in [6.07, 6.45) is 3.37. The molecule has 0 fully saturated rings. The van der Waals surface area contributed by atoms with E-state index in [2.05, 4.69) is 45.0 Å². The summed E-state index contributed by atoms with van der Waals surface area (Å²) in [6, 6.07) is 9.10. The van der Waals surface area contributed by atoms with Crippen LogP contribution in [0, 0.1) is 12.8 Å². The number of hydrogen-bond acceptors (Lipinski definition) is 1. The van der Waals surface area contributed by atoms with Crippen molar-refractivity contribution in [2.45, 2.75) is 46.1 Å². The molecule has 84 valence electrons. The number of aryl methyl sites for hydroxylation is 2. The Morgan fingerprint density at radius 3 is 2.33 bits per heavy atom. The Hall–Kier alpha value is -0.820. The van der Waals surface area contributed by atoms with E-state index in [9.17, 15) is 0 Å². The van der Waals surface area contributed by atoms with E-state index in [0.29, 0.717) is 12.0 Å². The van der Waals surface area contributed by atoms with Gasteiger partial charge in [0.1, 0.15) is 0 Å². The summed E-state index contributed by atoms with van der Waals surface area (Å²) in [5, 5.41) is 0. The lowest BCUT2D eigenvalue weighted by molar-refractivity contribution is 0.420. The Morgan fingerprint density at radius 1 is 1.20 bits per heavy atom. The fourth-order valence-corrected chi connectivity index (χ4v) is 1.68. The van der Waals surface area contributed by atoms with Crippen LogP contribution in [0.4, 0.5) is 0 Å². The van der Waals surface area contributed by atoms with E-state index in [0.717, 1.165) is 12.8 Å². The summed E-state index contributed by atoms with van der Waals surface area (Å²) >= 11 is 0. The van der Waals surface area contributed by atoms with Crippen molar-refractivity contribution in [1.82, 2.24) is 0 Å². The highest BCUT2D eigenvalue weighted by molar-refractivity contribution is 5.21. The minimum atomic E-state index is 0.344. The van der Waals surface area contributed by atoms with Crippen LogP contribution in [0.2, 0.25) is 0 Å². The first-order valence-electron chi connectivity index (χ1n) is 5.94. The molecule has 0 aromatic heterocycles. The van der Waals surface area contributed by atoms with Gasteiger partial charge in [0.25, 0.3) is 0 Å². The summed E-state index contributed by atoms with van der Waals surface area (Å²) < 4.78 is 0. The van der Waals surface area contributed by atoms with E-state index in [1.165, 1.54) is 17.5 Å². The molecule has 1 heteroatoms. The van der Waals surface area contributed by atoms with Gasteiger partial charge in [0, 0.05) is 6.04 Å². The quantitative estimate of drug-likeness (QED) is 0.784. The van der Waals surface area contributed by atoms with E-state index >= 15 is 0 Å². The summed E-state index contributed by atoms with van der Waals surface area (Å²) in [7, 11) is 0. The minimum absolute atomic E-state index is 0.344. The van der Waals surface area contributed by atoms with Gasteiger partial charge in [-0.15, -0.1) is 0 Å². The average Bonchev–Trinajstić information content (AvgIpc) is 2.26. The monoisotopic (exact) mass is 205 g/mol. The molecule has 1 nitrogen and oxygen atoms in total. The van der Waals surface area contributed by atoms with Crippen LogP contribution >= 0.6 is 0 Å². The van der Waals surface area contributed by atoms with Gasteiger partial charge in [-0.1, -0.05) is 50.1 Å². The zero-order valence-corrected chi connectivity index (χ0v) is 10.2. The number of hydrogen-bond donors (Lipinski definition) is 1. The molecule has 1 aromatic carbocycles. The fourth-order valence-electron chi connectivity index (χ4n) is 1.68. The molecule has 0 radical (unpaired) electrons. The highest BCUT2D eigenvalue weighted by Crippen LogP contribution is 2.12. The molecule has 0 bridgehead atoms. The molecule has 2 atom stereocenters. The Kier molecular flexibility index (Phi) is 4.83. The summed E-state index contributed by atoms with van der Waals surface area (Å²) in [6.45, 7) is 6.56. The topological polar surface area (TPSA) is 26.0 Å². The third-order valence-electron chi connectivity index (χ3n) is 3.26. The normalized spacial score (nSPS) is 14.9. The van der Waals surface area contributed by atoms with Gasteiger partial charge in [-0.25, -0.2) is 0 Å². The van der Waals surface area contributed by atoms with Gasteiger partial charge in [0.15, 0.2) is 0 Å². The summed E-state index contributed by atoms with van der Waals surface area (Å²) in [5.41, 5.74) is 8.83. The first-order valence-corrected chi connectivity index (χ1v) is 5.94. The van der Waals surface area contributed by atoms with Crippen LogP contribution < -0.4 is 5.73 Å². The van der Waals surface area contributed by atoms with Crippen molar-refractivity contribution in [2.24, 2.45) is 11.7 Å². The van der Waals surface area contributed by atoms with Crippen LogP contribution in [0.5, 0.6) is 0 Å². The van der Waals surface area contributed by atoms with Crippen LogP contribution in [0.15, 0.2) is 24.3 Å². The predicted octanol–water partition coefficient (Wildman–Crippen LogP) is 3.30. The minimum Gasteiger partial charge on any atom is -0.327 e. The van der Waals surface area contributed by atoms with E-state index in [1.807, 2.05) is 0 Å². The molecule has 2 unspecified atom stereocenters. The van der Waals surface area contributed by atoms with Crippen molar-refractivity contribution >= 4 is 0 Å². The molecule has 15 heavy (non-hydrogen) atoms. The van der Waals surface area contributed by atoms with Gasteiger partial charge in [-0.2, -0.15) is 0 Å². The lowest BCUT2D eigenvalue weighted by Crippen LogP contribution is -2.28. The van der Waals surface area contributed by atoms with Crippen molar-refractivity contribution in [3.05, 3.63) is 35.4 Å². The highest BCUT2D eigenvalue weighted by atomic mass is 14.6. The lowest BCUT2D eigenvalue weighted by Gasteiger charge is -2.17. The van der Waals surface area contributed by atoms with Crippen molar-refractivity contribution < 1.29 is 0 Å². The third-order valence-corrected chi connectivity index (χ3v) is 3.26. The Morgan fingerprint density at radius 2 is 1.80 bits per heavy atom. The molecule has 0 amide bonds. The fraction of sp³-hybridized carbons (Fsp3) is 0.571. The van der Waals surface area contributed by atoms with Crippen LogP contribution in [-0.4, -0.2) is 6.04 Å². The average molecular weight is 205 g/mol. The molecule has 2 N–H and O–H groups in total. The van der Waals surface area contributed by atoms with Gasteiger partial charge >= 0.3 is 0 Å². The molecule has 0 saturated heterocycles. The molecule has 0 saturated carbocycles. The lowest BCUT2D eigenvalue weighted by atomic mass is 9.94. The second-order valence-corrected chi connectivity index (χ2v) is 4.57. The standard InChI is InChI=1S/C14H23N/c1-4-12(3)14(15)10-9-13-7-5-11(2)6-8-13/h5-8,12,14H,4,9-10,15H2,1-3H3. The van der Waals surface area contributed by atoms with Gasteiger partial charge in [0.05, 0.1) is 0 Å². The third kappa shape index (κ3) is 4.05. The van der Waals surface area contributed by atoms with Gasteiger partial charge in [-0.05, 0) is 31.2 Å². The molecule has 0 heterocycles. The summed E-state index contributed by atoms with van der Waals surface area (Å²) in [5.74, 6) is 0.635. The van der Waals surface area contributed by atoms with Crippen molar-refractivity contribution in [2.75, 3.05) is 0 Å². The van der Waals surface area contributed by atoms with Crippen molar-refractivity contribution in [1.29, 1.82) is 0 Å². The summed E-state index contributed by atoms with van der Waals surface area (Å²) in [4.78, 5) is 0. The molecular weight excluding hydrogens is 182 g/mol. The van der Waals surface area contributed by atoms with Crippen molar-refractivity contribution in [3.8, 4) is 0 Å². The van der Waals surface area contributed by atoms with Crippen LogP contribution in [-0.2, 0) is 6.42 Å². The number of rotatable bonds is 5. The SMILES string of the molecule is CCC(C)C(N)CCc1ccc(C)cc1. The molecule has 0 aliphatic rings. The maximum Gasteiger partial charge on any atom is 0.00675 e. The number of benzene rings is 1. The number of nitrogens with two attached hydrogens (primary N) is 1. The van der Waals surface area contributed by atoms with E-state index in [1.54, 1.807) is 0 Å². The van der Waals surface area contributed by atoms with Crippen molar-refractivity contribution in [3.63, 3.8) is 0 Å².